The van der Waals surface area contributed by atoms with Crippen LogP contribution in [0.2, 0.25) is 0 Å². The van der Waals surface area contributed by atoms with Crippen LogP contribution in [0, 0.1) is 5.92 Å². The number of aromatic nitrogens is 3. The second-order valence-electron chi connectivity index (χ2n) is 6.94. The van der Waals surface area contributed by atoms with Gasteiger partial charge in [-0.25, -0.2) is 4.98 Å². The zero-order valence-corrected chi connectivity index (χ0v) is 14.7. The van der Waals surface area contributed by atoms with Gasteiger partial charge < -0.3 is 19.1 Å². The van der Waals surface area contributed by atoms with Crippen LogP contribution < -0.4 is 4.90 Å². The maximum absolute atomic E-state index is 5.58. The Labute approximate surface area is 148 Å². The lowest BCUT2D eigenvalue weighted by Crippen LogP contribution is -2.37. The molecule has 0 radical (unpaired) electrons. The standard InChI is InChI=1S/C18H25N5O2/c1-22-7-4-14(5-8-22)13-16-20-18(25-21-16)15-3-2-6-19-17(15)23-9-11-24-12-10-23/h2-3,6,14H,4-5,7-13H2,1H3. The molecule has 0 N–H and O–H groups in total. The van der Waals surface area contributed by atoms with E-state index in [2.05, 4.69) is 32.0 Å². The third-order valence-corrected chi connectivity index (χ3v) is 5.11. The molecule has 2 fully saturated rings. The molecule has 0 spiro atoms. The van der Waals surface area contributed by atoms with Crippen molar-refractivity contribution in [2.45, 2.75) is 19.3 Å². The number of anilines is 1. The van der Waals surface area contributed by atoms with Crippen molar-refractivity contribution in [1.82, 2.24) is 20.0 Å². The summed E-state index contributed by atoms with van der Waals surface area (Å²) in [7, 11) is 2.18. The molecule has 2 aromatic rings. The second-order valence-corrected chi connectivity index (χ2v) is 6.94. The molecule has 0 amide bonds. The Balaban J connectivity index is 1.50. The highest BCUT2D eigenvalue weighted by Gasteiger charge is 2.22. The molecule has 2 saturated heterocycles. The molecule has 4 rings (SSSR count). The zero-order chi connectivity index (χ0) is 17.1. The number of hydrogen-bond donors (Lipinski definition) is 0. The van der Waals surface area contributed by atoms with Crippen LogP contribution >= 0.6 is 0 Å². The Morgan fingerprint density at radius 1 is 1.16 bits per heavy atom. The number of rotatable bonds is 4. The highest BCUT2D eigenvalue weighted by atomic mass is 16.5. The Kier molecular flexibility index (Phi) is 4.94. The normalized spacial score (nSPS) is 20.1. The molecular formula is C18H25N5O2. The van der Waals surface area contributed by atoms with Gasteiger partial charge >= 0.3 is 0 Å². The fourth-order valence-electron chi connectivity index (χ4n) is 3.56. The third kappa shape index (κ3) is 3.82. The molecule has 0 saturated carbocycles. The van der Waals surface area contributed by atoms with Crippen molar-refractivity contribution in [3.05, 3.63) is 24.2 Å². The average molecular weight is 343 g/mol. The van der Waals surface area contributed by atoms with E-state index in [1.54, 1.807) is 0 Å². The fraction of sp³-hybridized carbons (Fsp3) is 0.611. The number of morpholine rings is 1. The predicted octanol–water partition coefficient (Wildman–Crippen LogP) is 1.85. The molecule has 134 valence electrons. The number of pyridine rings is 1. The van der Waals surface area contributed by atoms with Crippen molar-refractivity contribution in [3.63, 3.8) is 0 Å². The monoisotopic (exact) mass is 343 g/mol. The fourth-order valence-corrected chi connectivity index (χ4v) is 3.56. The van der Waals surface area contributed by atoms with Crippen LogP contribution in [0.15, 0.2) is 22.9 Å². The Morgan fingerprint density at radius 3 is 2.76 bits per heavy atom. The summed E-state index contributed by atoms with van der Waals surface area (Å²) in [6, 6.07) is 3.92. The van der Waals surface area contributed by atoms with E-state index in [0.29, 0.717) is 11.8 Å². The van der Waals surface area contributed by atoms with Crippen molar-refractivity contribution >= 4 is 5.82 Å². The molecule has 2 aliphatic rings. The van der Waals surface area contributed by atoms with Gasteiger partial charge in [-0.1, -0.05) is 5.16 Å². The molecule has 25 heavy (non-hydrogen) atoms. The van der Waals surface area contributed by atoms with Gasteiger partial charge in [0.05, 0.1) is 18.8 Å². The summed E-state index contributed by atoms with van der Waals surface area (Å²) in [5, 5.41) is 4.22. The Morgan fingerprint density at radius 2 is 1.96 bits per heavy atom. The Bertz CT molecular complexity index is 690. The Hall–Kier alpha value is -1.99. The van der Waals surface area contributed by atoms with Crippen LogP contribution in [-0.4, -0.2) is 66.5 Å². The lowest BCUT2D eigenvalue weighted by molar-refractivity contribution is 0.122. The topological polar surface area (TPSA) is 67.5 Å². The van der Waals surface area contributed by atoms with E-state index in [1.165, 1.54) is 12.8 Å². The summed E-state index contributed by atoms with van der Waals surface area (Å²) in [6.45, 7) is 5.42. The maximum Gasteiger partial charge on any atom is 0.261 e. The first-order chi connectivity index (χ1) is 12.3. The van der Waals surface area contributed by atoms with Crippen LogP contribution in [-0.2, 0) is 11.2 Å². The first-order valence-electron chi connectivity index (χ1n) is 9.09. The summed E-state index contributed by atoms with van der Waals surface area (Å²) in [6.07, 6.45) is 5.10. The number of ether oxygens (including phenoxy) is 1. The van der Waals surface area contributed by atoms with Gasteiger partial charge in [-0.3, -0.25) is 0 Å². The summed E-state index contributed by atoms with van der Waals surface area (Å²) in [5.74, 6) is 2.92. The minimum Gasteiger partial charge on any atom is -0.378 e. The molecule has 2 aromatic heterocycles. The zero-order valence-electron chi connectivity index (χ0n) is 14.7. The van der Waals surface area contributed by atoms with Gasteiger partial charge in [0, 0.05) is 25.7 Å². The molecule has 0 aliphatic carbocycles. The summed E-state index contributed by atoms with van der Waals surface area (Å²) in [5.41, 5.74) is 0.909. The SMILES string of the molecule is CN1CCC(Cc2noc(-c3cccnc3N3CCOCC3)n2)CC1. The number of likely N-dealkylation sites (tertiary alicyclic amines) is 1. The minimum absolute atomic E-state index is 0.567. The molecule has 4 heterocycles. The second kappa shape index (κ2) is 7.49. The smallest absolute Gasteiger partial charge is 0.261 e. The van der Waals surface area contributed by atoms with Gasteiger partial charge in [0.1, 0.15) is 5.82 Å². The summed E-state index contributed by atoms with van der Waals surface area (Å²) < 4.78 is 11.0. The average Bonchev–Trinajstić information content (AvgIpc) is 3.13. The van der Waals surface area contributed by atoms with Gasteiger partial charge in [0.15, 0.2) is 5.82 Å². The van der Waals surface area contributed by atoms with E-state index >= 15 is 0 Å². The van der Waals surface area contributed by atoms with Gasteiger partial charge in [-0.15, -0.1) is 0 Å². The van der Waals surface area contributed by atoms with E-state index in [0.717, 1.165) is 63.0 Å². The quantitative estimate of drug-likeness (QED) is 0.839. The van der Waals surface area contributed by atoms with Crippen molar-refractivity contribution in [2.75, 3.05) is 51.3 Å². The van der Waals surface area contributed by atoms with Gasteiger partial charge in [0.2, 0.25) is 0 Å². The molecule has 7 nitrogen and oxygen atoms in total. The van der Waals surface area contributed by atoms with E-state index < -0.39 is 0 Å². The summed E-state index contributed by atoms with van der Waals surface area (Å²) in [4.78, 5) is 13.8. The van der Waals surface area contributed by atoms with Crippen molar-refractivity contribution in [3.8, 4) is 11.5 Å². The first-order valence-corrected chi connectivity index (χ1v) is 9.09. The van der Waals surface area contributed by atoms with Crippen molar-refractivity contribution in [1.29, 1.82) is 0 Å². The van der Waals surface area contributed by atoms with Crippen LogP contribution in [0.3, 0.4) is 0 Å². The molecule has 0 aromatic carbocycles. The van der Waals surface area contributed by atoms with Crippen LogP contribution in [0.4, 0.5) is 5.82 Å². The van der Waals surface area contributed by atoms with E-state index in [-0.39, 0.29) is 0 Å². The molecule has 2 aliphatic heterocycles. The van der Waals surface area contributed by atoms with E-state index in [9.17, 15) is 0 Å². The minimum atomic E-state index is 0.567. The van der Waals surface area contributed by atoms with Gasteiger partial charge in [-0.2, -0.15) is 4.98 Å². The van der Waals surface area contributed by atoms with Crippen molar-refractivity contribution in [2.24, 2.45) is 5.92 Å². The highest BCUT2D eigenvalue weighted by molar-refractivity contribution is 5.69. The third-order valence-electron chi connectivity index (χ3n) is 5.11. The number of nitrogens with zero attached hydrogens (tertiary/aromatic N) is 5. The lowest BCUT2D eigenvalue weighted by Gasteiger charge is -2.28. The number of hydrogen-bond acceptors (Lipinski definition) is 7. The van der Waals surface area contributed by atoms with Crippen LogP contribution in [0.25, 0.3) is 11.5 Å². The van der Waals surface area contributed by atoms with E-state index in [4.69, 9.17) is 9.26 Å². The number of piperidine rings is 1. The highest BCUT2D eigenvalue weighted by Crippen LogP contribution is 2.29. The molecule has 0 bridgehead atoms. The van der Waals surface area contributed by atoms with Crippen LogP contribution in [0.5, 0.6) is 0 Å². The van der Waals surface area contributed by atoms with E-state index in [1.807, 2.05) is 18.3 Å². The molecule has 7 heteroatoms. The predicted molar refractivity (Wildman–Crippen MR) is 94.5 cm³/mol. The molecule has 0 atom stereocenters. The maximum atomic E-state index is 5.58. The van der Waals surface area contributed by atoms with Crippen molar-refractivity contribution < 1.29 is 9.26 Å². The van der Waals surface area contributed by atoms with Gasteiger partial charge in [-0.05, 0) is 51.0 Å². The summed E-state index contributed by atoms with van der Waals surface area (Å²) >= 11 is 0. The van der Waals surface area contributed by atoms with Gasteiger partial charge in [0.25, 0.3) is 5.89 Å². The molecular weight excluding hydrogens is 318 g/mol. The first kappa shape index (κ1) is 16.5. The lowest BCUT2D eigenvalue weighted by atomic mass is 9.94. The largest absolute Gasteiger partial charge is 0.378 e. The van der Waals surface area contributed by atoms with Crippen LogP contribution in [0.1, 0.15) is 18.7 Å². The molecule has 0 unspecified atom stereocenters.